The summed E-state index contributed by atoms with van der Waals surface area (Å²) >= 11 is 0. The average molecular weight is 401 g/mol. The molecule has 0 spiro atoms. The van der Waals surface area contributed by atoms with Gasteiger partial charge in [0.1, 0.15) is 0 Å². The van der Waals surface area contributed by atoms with Crippen molar-refractivity contribution in [2.75, 3.05) is 37.3 Å². The van der Waals surface area contributed by atoms with Crippen molar-refractivity contribution in [3.63, 3.8) is 0 Å². The highest BCUT2D eigenvalue weighted by molar-refractivity contribution is 5.85. The zero-order chi connectivity index (χ0) is 16.9. The minimum absolute atomic E-state index is 0. The lowest BCUT2D eigenvalue weighted by molar-refractivity contribution is 0.209. The normalized spacial score (nSPS) is 14.8. The van der Waals surface area contributed by atoms with Crippen LogP contribution in [0.5, 0.6) is 0 Å². The molecule has 0 atom stereocenters. The van der Waals surface area contributed by atoms with Crippen LogP contribution in [0, 0.1) is 0 Å². The van der Waals surface area contributed by atoms with Crippen molar-refractivity contribution < 1.29 is 0 Å². The van der Waals surface area contributed by atoms with Crippen LogP contribution in [-0.2, 0) is 12.8 Å². The molecule has 0 bridgehead atoms. The first kappa shape index (κ1) is 22.5. The standard InChI is InChI=1S/C18H28N6.2ClH/c1-3-14-4-6-15(7-5-14)8-11-23(2)16-9-12-24(13-10-16)18-20-17(19)21-22-18;;/h4-7,16H,3,8-13H2,1-2H3,(H3,19,20,21,22);2*1H. The Kier molecular flexibility index (Phi) is 9.19. The van der Waals surface area contributed by atoms with Crippen molar-refractivity contribution in [2.45, 2.75) is 38.6 Å². The van der Waals surface area contributed by atoms with Crippen molar-refractivity contribution in [3.05, 3.63) is 35.4 Å². The molecule has 1 aromatic carbocycles. The van der Waals surface area contributed by atoms with Gasteiger partial charge in [-0.05, 0) is 43.9 Å². The van der Waals surface area contributed by atoms with Gasteiger partial charge >= 0.3 is 0 Å². The summed E-state index contributed by atoms with van der Waals surface area (Å²) in [6.45, 7) is 5.29. The highest BCUT2D eigenvalue weighted by Gasteiger charge is 2.23. The molecule has 0 unspecified atom stereocenters. The molecule has 6 nitrogen and oxygen atoms in total. The van der Waals surface area contributed by atoms with E-state index in [1.54, 1.807) is 0 Å². The lowest BCUT2D eigenvalue weighted by atomic mass is 10.0. The SMILES string of the molecule is CCc1ccc(CCN(C)C2CCN(c3nc(N)n[nH]3)CC2)cc1.Cl.Cl. The topological polar surface area (TPSA) is 74.1 Å². The molecule has 3 N–H and O–H groups in total. The number of anilines is 2. The fourth-order valence-electron chi connectivity index (χ4n) is 3.36. The number of hydrogen-bond acceptors (Lipinski definition) is 5. The maximum atomic E-state index is 5.59. The second-order valence-corrected chi connectivity index (χ2v) is 6.64. The van der Waals surface area contributed by atoms with Gasteiger partial charge in [0.15, 0.2) is 0 Å². The molecule has 1 saturated heterocycles. The molecule has 8 heteroatoms. The zero-order valence-electron chi connectivity index (χ0n) is 15.5. The summed E-state index contributed by atoms with van der Waals surface area (Å²) in [6.07, 6.45) is 4.51. The van der Waals surface area contributed by atoms with Gasteiger partial charge < -0.3 is 15.5 Å². The zero-order valence-corrected chi connectivity index (χ0v) is 17.2. The van der Waals surface area contributed by atoms with E-state index in [0.29, 0.717) is 12.0 Å². The van der Waals surface area contributed by atoms with Crippen molar-refractivity contribution in [1.29, 1.82) is 0 Å². The van der Waals surface area contributed by atoms with Gasteiger partial charge in [0.2, 0.25) is 11.9 Å². The Morgan fingerprint density at radius 2 is 1.77 bits per heavy atom. The molecule has 0 amide bonds. The van der Waals surface area contributed by atoms with E-state index >= 15 is 0 Å². The minimum atomic E-state index is 0. The van der Waals surface area contributed by atoms with Crippen LogP contribution in [0.15, 0.2) is 24.3 Å². The molecule has 0 radical (unpaired) electrons. The van der Waals surface area contributed by atoms with Crippen LogP contribution < -0.4 is 10.6 Å². The lowest BCUT2D eigenvalue weighted by Gasteiger charge is -2.36. The van der Waals surface area contributed by atoms with Crippen molar-refractivity contribution in [2.24, 2.45) is 0 Å². The third-order valence-electron chi connectivity index (χ3n) is 5.06. The Morgan fingerprint density at radius 3 is 2.31 bits per heavy atom. The van der Waals surface area contributed by atoms with Crippen LogP contribution in [0.2, 0.25) is 0 Å². The molecule has 1 fully saturated rings. The number of nitrogen functional groups attached to an aromatic ring is 1. The Morgan fingerprint density at radius 1 is 1.15 bits per heavy atom. The van der Waals surface area contributed by atoms with E-state index in [0.717, 1.165) is 51.3 Å². The number of nitrogens with one attached hydrogen (secondary N) is 1. The van der Waals surface area contributed by atoms with Gasteiger partial charge in [-0.25, -0.2) is 5.10 Å². The summed E-state index contributed by atoms with van der Waals surface area (Å²) in [4.78, 5) is 8.95. The summed E-state index contributed by atoms with van der Waals surface area (Å²) in [6, 6.07) is 9.66. The van der Waals surface area contributed by atoms with E-state index in [1.165, 1.54) is 11.1 Å². The number of likely N-dealkylation sites (N-methyl/N-ethyl adjacent to an activating group) is 1. The number of nitrogens with zero attached hydrogens (tertiary/aromatic N) is 4. The van der Waals surface area contributed by atoms with E-state index in [2.05, 4.69) is 63.2 Å². The van der Waals surface area contributed by atoms with Gasteiger partial charge in [-0.1, -0.05) is 31.2 Å². The van der Waals surface area contributed by atoms with E-state index in [9.17, 15) is 0 Å². The van der Waals surface area contributed by atoms with E-state index in [-0.39, 0.29) is 24.8 Å². The molecule has 26 heavy (non-hydrogen) atoms. The fraction of sp³-hybridized carbons (Fsp3) is 0.556. The predicted octanol–water partition coefficient (Wildman–Crippen LogP) is 2.94. The van der Waals surface area contributed by atoms with Gasteiger partial charge in [-0.15, -0.1) is 29.9 Å². The molecule has 1 aliphatic heterocycles. The first-order valence-corrected chi connectivity index (χ1v) is 8.86. The summed E-state index contributed by atoms with van der Waals surface area (Å²) in [5.74, 6) is 1.11. The molecule has 0 saturated carbocycles. The maximum Gasteiger partial charge on any atom is 0.241 e. The molecular weight excluding hydrogens is 371 g/mol. The highest BCUT2D eigenvalue weighted by atomic mass is 35.5. The first-order valence-electron chi connectivity index (χ1n) is 8.86. The molecule has 3 rings (SSSR count). The molecule has 146 valence electrons. The van der Waals surface area contributed by atoms with Crippen molar-refractivity contribution in [1.82, 2.24) is 20.1 Å². The van der Waals surface area contributed by atoms with Gasteiger partial charge in [-0.2, -0.15) is 4.98 Å². The highest BCUT2D eigenvalue weighted by Crippen LogP contribution is 2.19. The number of aromatic amines is 1. The number of rotatable bonds is 6. The van der Waals surface area contributed by atoms with Gasteiger partial charge in [0.25, 0.3) is 0 Å². The second-order valence-electron chi connectivity index (χ2n) is 6.64. The molecular formula is C18H30Cl2N6. The Bertz CT molecular complexity index is 637. The molecule has 2 heterocycles. The average Bonchev–Trinajstić information content (AvgIpc) is 3.06. The van der Waals surface area contributed by atoms with Crippen LogP contribution >= 0.6 is 24.8 Å². The van der Waals surface area contributed by atoms with Crippen LogP contribution in [0.4, 0.5) is 11.9 Å². The fourth-order valence-corrected chi connectivity index (χ4v) is 3.36. The van der Waals surface area contributed by atoms with Gasteiger partial charge in [-0.3, -0.25) is 0 Å². The molecule has 0 aliphatic carbocycles. The molecule has 2 aromatic rings. The summed E-state index contributed by atoms with van der Waals surface area (Å²) in [5, 5.41) is 6.81. The number of H-pyrrole nitrogens is 1. The number of aromatic nitrogens is 3. The second kappa shape index (κ2) is 10.6. The Balaban J connectivity index is 0.00000169. The van der Waals surface area contributed by atoms with Crippen LogP contribution in [0.25, 0.3) is 0 Å². The lowest BCUT2D eigenvalue weighted by Crippen LogP contribution is -2.44. The van der Waals surface area contributed by atoms with E-state index in [1.807, 2.05) is 0 Å². The number of piperidine rings is 1. The van der Waals surface area contributed by atoms with Crippen LogP contribution in [0.3, 0.4) is 0 Å². The molecule has 1 aromatic heterocycles. The molecule has 1 aliphatic rings. The minimum Gasteiger partial charge on any atom is -0.366 e. The monoisotopic (exact) mass is 400 g/mol. The number of halogens is 2. The van der Waals surface area contributed by atoms with E-state index in [4.69, 9.17) is 5.73 Å². The van der Waals surface area contributed by atoms with Crippen LogP contribution in [-0.4, -0.2) is 52.8 Å². The maximum absolute atomic E-state index is 5.59. The number of nitrogens with two attached hydrogens (primary N) is 1. The number of benzene rings is 1. The van der Waals surface area contributed by atoms with Crippen molar-refractivity contribution in [3.8, 4) is 0 Å². The number of hydrogen-bond donors (Lipinski definition) is 2. The largest absolute Gasteiger partial charge is 0.366 e. The quantitative estimate of drug-likeness (QED) is 0.779. The summed E-state index contributed by atoms with van der Waals surface area (Å²) < 4.78 is 0. The van der Waals surface area contributed by atoms with Crippen LogP contribution in [0.1, 0.15) is 30.9 Å². The van der Waals surface area contributed by atoms with Gasteiger partial charge in [0, 0.05) is 25.7 Å². The summed E-state index contributed by atoms with van der Waals surface area (Å²) in [7, 11) is 2.24. The van der Waals surface area contributed by atoms with E-state index < -0.39 is 0 Å². The Labute approximate surface area is 168 Å². The first-order chi connectivity index (χ1) is 11.7. The summed E-state index contributed by atoms with van der Waals surface area (Å²) in [5.41, 5.74) is 8.42. The third-order valence-corrected chi connectivity index (χ3v) is 5.06. The van der Waals surface area contributed by atoms with Crippen molar-refractivity contribution >= 4 is 36.7 Å². The number of aryl methyl sites for hydroxylation is 1. The Hall–Kier alpha value is -1.50. The third kappa shape index (κ3) is 5.76. The smallest absolute Gasteiger partial charge is 0.241 e. The predicted molar refractivity (Wildman–Crippen MR) is 113 cm³/mol. The van der Waals surface area contributed by atoms with Gasteiger partial charge in [0.05, 0.1) is 0 Å².